The minimum absolute atomic E-state index is 0.0407. The van der Waals surface area contributed by atoms with Gasteiger partial charge in [-0.2, -0.15) is 0 Å². The van der Waals surface area contributed by atoms with Gasteiger partial charge in [0.2, 0.25) is 0 Å². The van der Waals surface area contributed by atoms with Gasteiger partial charge in [0.25, 0.3) is 0 Å². The number of esters is 1. The third-order valence-corrected chi connectivity index (χ3v) is 1.52. The summed E-state index contributed by atoms with van der Waals surface area (Å²) in [6.45, 7) is 3.94. The van der Waals surface area contributed by atoms with Crippen LogP contribution in [0, 0.1) is 5.92 Å². The Kier molecular flexibility index (Phi) is 5.26. The van der Waals surface area contributed by atoms with E-state index in [1.807, 2.05) is 0 Å². The van der Waals surface area contributed by atoms with Crippen LogP contribution in [0.4, 0.5) is 4.39 Å². The van der Waals surface area contributed by atoms with Crippen LogP contribution in [0.5, 0.6) is 0 Å². The number of carbonyl (C=O) groups is 2. The van der Waals surface area contributed by atoms with Gasteiger partial charge in [0.1, 0.15) is 6.67 Å². The van der Waals surface area contributed by atoms with E-state index in [1.165, 1.54) is 6.92 Å². The SMILES string of the molecule is CC(C)OC(=O)CC(C)C(=O)CF. The van der Waals surface area contributed by atoms with Crippen molar-refractivity contribution in [1.29, 1.82) is 0 Å². The fourth-order valence-electron chi connectivity index (χ4n) is 0.807. The predicted molar refractivity (Wildman–Crippen MR) is 46.0 cm³/mol. The molecule has 1 unspecified atom stereocenters. The molecule has 0 aromatic carbocycles. The second-order valence-electron chi connectivity index (χ2n) is 3.24. The molecule has 0 aliphatic rings. The Balaban J connectivity index is 3.85. The number of carbonyl (C=O) groups excluding carboxylic acids is 2. The summed E-state index contributed by atoms with van der Waals surface area (Å²) >= 11 is 0. The quantitative estimate of drug-likeness (QED) is 0.617. The first kappa shape index (κ1) is 12.1. The molecule has 0 spiro atoms. The van der Waals surface area contributed by atoms with Gasteiger partial charge in [-0.25, -0.2) is 4.39 Å². The van der Waals surface area contributed by atoms with Crippen LogP contribution in [-0.2, 0) is 14.3 Å². The molecule has 0 amide bonds. The van der Waals surface area contributed by atoms with Crippen LogP contribution in [0.3, 0.4) is 0 Å². The smallest absolute Gasteiger partial charge is 0.306 e. The van der Waals surface area contributed by atoms with Gasteiger partial charge in [0, 0.05) is 5.92 Å². The monoisotopic (exact) mass is 190 g/mol. The average molecular weight is 190 g/mol. The first-order valence-corrected chi connectivity index (χ1v) is 4.25. The van der Waals surface area contributed by atoms with Gasteiger partial charge in [-0.3, -0.25) is 9.59 Å². The molecule has 0 rings (SSSR count). The molecule has 0 aliphatic heterocycles. The van der Waals surface area contributed by atoms with Crippen LogP contribution in [0.15, 0.2) is 0 Å². The first-order valence-electron chi connectivity index (χ1n) is 4.25. The van der Waals surface area contributed by atoms with Crippen molar-refractivity contribution in [3.8, 4) is 0 Å². The van der Waals surface area contributed by atoms with Crippen molar-refractivity contribution >= 4 is 11.8 Å². The number of ether oxygens (including phenoxy) is 1. The van der Waals surface area contributed by atoms with E-state index < -0.39 is 24.3 Å². The van der Waals surface area contributed by atoms with Crippen molar-refractivity contribution in [3.05, 3.63) is 0 Å². The summed E-state index contributed by atoms with van der Waals surface area (Å²) in [5.41, 5.74) is 0. The minimum atomic E-state index is -1.02. The second kappa shape index (κ2) is 5.67. The maximum absolute atomic E-state index is 11.8. The van der Waals surface area contributed by atoms with Crippen LogP contribution in [0.25, 0.3) is 0 Å². The van der Waals surface area contributed by atoms with Crippen molar-refractivity contribution in [2.45, 2.75) is 33.3 Å². The molecule has 3 nitrogen and oxygen atoms in total. The largest absolute Gasteiger partial charge is 0.463 e. The van der Waals surface area contributed by atoms with Crippen molar-refractivity contribution in [2.75, 3.05) is 6.67 Å². The zero-order valence-corrected chi connectivity index (χ0v) is 8.17. The Morgan fingerprint density at radius 1 is 1.31 bits per heavy atom. The minimum Gasteiger partial charge on any atom is -0.463 e. The van der Waals surface area contributed by atoms with Gasteiger partial charge in [0.15, 0.2) is 5.78 Å². The van der Waals surface area contributed by atoms with Gasteiger partial charge >= 0.3 is 5.97 Å². The predicted octanol–water partition coefficient (Wildman–Crippen LogP) is 1.50. The lowest BCUT2D eigenvalue weighted by Gasteiger charge is -2.10. The Hall–Kier alpha value is -0.930. The van der Waals surface area contributed by atoms with Crippen molar-refractivity contribution in [1.82, 2.24) is 0 Å². The number of hydrogen-bond acceptors (Lipinski definition) is 3. The van der Waals surface area contributed by atoms with Gasteiger partial charge < -0.3 is 4.74 Å². The molecule has 0 N–H and O–H groups in total. The third-order valence-electron chi connectivity index (χ3n) is 1.52. The fourth-order valence-corrected chi connectivity index (χ4v) is 0.807. The number of halogens is 1. The highest BCUT2D eigenvalue weighted by atomic mass is 19.1. The van der Waals surface area contributed by atoms with Crippen LogP contribution >= 0.6 is 0 Å². The topological polar surface area (TPSA) is 43.4 Å². The van der Waals surface area contributed by atoms with Gasteiger partial charge in [-0.15, -0.1) is 0 Å². The van der Waals surface area contributed by atoms with Crippen LogP contribution in [-0.4, -0.2) is 24.5 Å². The maximum Gasteiger partial charge on any atom is 0.306 e. The number of ketones is 1. The summed E-state index contributed by atoms with van der Waals surface area (Å²) < 4.78 is 16.7. The van der Waals surface area contributed by atoms with Crippen LogP contribution < -0.4 is 0 Å². The summed E-state index contributed by atoms with van der Waals surface area (Å²) in [6.07, 6.45) is -0.235. The number of hydrogen-bond donors (Lipinski definition) is 0. The summed E-state index contributed by atoms with van der Waals surface area (Å²) in [6, 6.07) is 0. The maximum atomic E-state index is 11.8. The highest BCUT2D eigenvalue weighted by Crippen LogP contribution is 2.06. The molecule has 1 atom stereocenters. The molecule has 0 fully saturated rings. The molecular weight excluding hydrogens is 175 g/mol. The molecule has 0 saturated carbocycles. The van der Waals surface area contributed by atoms with Crippen LogP contribution in [0.1, 0.15) is 27.2 Å². The molecule has 0 bridgehead atoms. The van der Waals surface area contributed by atoms with Crippen molar-refractivity contribution in [3.63, 3.8) is 0 Å². The van der Waals surface area contributed by atoms with E-state index in [9.17, 15) is 14.0 Å². The fraction of sp³-hybridized carbons (Fsp3) is 0.778. The van der Waals surface area contributed by atoms with E-state index >= 15 is 0 Å². The van der Waals surface area contributed by atoms with Crippen LogP contribution in [0.2, 0.25) is 0 Å². The lowest BCUT2D eigenvalue weighted by atomic mass is 10.0. The molecule has 0 heterocycles. The van der Waals surface area contributed by atoms with Crippen molar-refractivity contribution in [2.24, 2.45) is 5.92 Å². The van der Waals surface area contributed by atoms with Gasteiger partial charge in [-0.1, -0.05) is 6.92 Å². The molecule has 4 heteroatoms. The number of Topliss-reactive ketones (excluding diaryl/α,β-unsaturated/α-hetero) is 1. The van der Waals surface area contributed by atoms with E-state index in [0.717, 1.165) is 0 Å². The van der Waals surface area contributed by atoms with Crippen molar-refractivity contribution < 1.29 is 18.7 Å². The van der Waals surface area contributed by atoms with E-state index in [1.54, 1.807) is 13.8 Å². The zero-order chi connectivity index (χ0) is 10.4. The zero-order valence-electron chi connectivity index (χ0n) is 8.17. The Morgan fingerprint density at radius 2 is 1.85 bits per heavy atom. The number of alkyl halides is 1. The van der Waals surface area contributed by atoms with E-state index in [4.69, 9.17) is 4.74 Å². The first-order chi connectivity index (χ1) is 5.97. The second-order valence-corrected chi connectivity index (χ2v) is 3.24. The Bertz CT molecular complexity index is 189. The molecule has 0 aromatic heterocycles. The van der Waals surface area contributed by atoms with E-state index in [2.05, 4.69) is 0 Å². The summed E-state index contributed by atoms with van der Waals surface area (Å²) in [5.74, 6) is -1.60. The third kappa shape index (κ3) is 5.33. The standard InChI is InChI=1S/C9H15FO3/c1-6(2)13-9(12)4-7(3)8(11)5-10/h6-7H,4-5H2,1-3H3. The summed E-state index contributed by atoms with van der Waals surface area (Å²) in [4.78, 5) is 21.7. The Morgan fingerprint density at radius 3 is 2.23 bits per heavy atom. The molecule has 76 valence electrons. The number of rotatable bonds is 5. The average Bonchev–Trinajstić information content (AvgIpc) is 2.01. The van der Waals surface area contributed by atoms with Gasteiger partial charge in [-0.05, 0) is 13.8 Å². The summed E-state index contributed by atoms with van der Waals surface area (Å²) in [7, 11) is 0. The van der Waals surface area contributed by atoms with E-state index in [-0.39, 0.29) is 12.5 Å². The molecule has 0 aromatic rings. The lowest BCUT2D eigenvalue weighted by molar-refractivity contribution is -0.149. The summed E-state index contributed by atoms with van der Waals surface area (Å²) in [5, 5.41) is 0. The molecular formula is C9H15FO3. The molecule has 0 saturated heterocycles. The van der Waals surface area contributed by atoms with Gasteiger partial charge in [0.05, 0.1) is 12.5 Å². The molecule has 13 heavy (non-hydrogen) atoms. The highest BCUT2D eigenvalue weighted by Gasteiger charge is 2.17. The lowest BCUT2D eigenvalue weighted by Crippen LogP contribution is -2.20. The normalized spacial score (nSPS) is 12.7. The highest BCUT2D eigenvalue weighted by molar-refractivity contribution is 5.85. The Labute approximate surface area is 77.3 Å². The van der Waals surface area contributed by atoms with E-state index in [0.29, 0.717) is 0 Å². The molecule has 0 radical (unpaired) electrons. The molecule has 0 aliphatic carbocycles.